The fourth-order valence-corrected chi connectivity index (χ4v) is 3.94. The van der Waals surface area contributed by atoms with Crippen LogP contribution < -0.4 is 14.5 Å². The number of benzene rings is 3. The highest BCUT2D eigenvalue weighted by Crippen LogP contribution is 2.37. The maximum absolute atomic E-state index is 13.7. The number of nitrogens with zero attached hydrogens (tertiary/aromatic N) is 2. The molecule has 6 heteroatoms. The molecule has 32 heavy (non-hydrogen) atoms. The lowest BCUT2D eigenvalue weighted by Gasteiger charge is -2.25. The van der Waals surface area contributed by atoms with Gasteiger partial charge in [0.25, 0.3) is 11.8 Å². The number of carbonyl (C=O) groups excluding carboxylic acids is 2. The molecule has 0 radical (unpaired) electrons. The van der Waals surface area contributed by atoms with Gasteiger partial charge in [-0.15, -0.1) is 0 Å². The van der Waals surface area contributed by atoms with Crippen molar-refractivity contribution in [2.24, 2.45) is 0 Å². The largest absolute Gasteiger partial charge is 0.494 e. The first kappa shape index (κ1) is 21.7. The van der Waals surface area contributed by atoms with Crippen LogP contribution in [0.3, 0.4) is 0 Å². The van der Waals surface area contributed by atoms with Gasteiger partial charge in [-0.1, -0.05) is 41.9 Å². The number of amides is 2. The van der Waals surface area contributed by atoms with E-state index in [1.165, 1.54) is 4.90 Å². The number of carbonyl (C=O) groups is 2. The van der Waals surface area contributed by atoms with Crippen molar-refractivity contribution in [3.05, 3.63) is 95.1 Å². The van der Waals surface area contributed by atoms with Gasteiger partial charge in [0.05, 0.1) is 17.9 Å². The number of hydrogen-bond donors (Lipinski definition) is 0. The highest BCUT2D eigenvalue weighted by Gasteiger charge is 2.42. The zero-order chi connectivity index (χ0) is 22.7. The fraction of sp³-hybridized carbons (Fsp3) is 0.154. The Kier molecular flexibility index (Phi) is 6.28. The van der Waals surface area contributed by atoms with Crippen LogP contribution in [-0.4, -0.2) is 25.0 Å². The molecule has 0 bridgehead atoms. The molecule has 4 rings (SSSR count). The minimum atomic E-state index is -0.370. The lowest BCUT2D eigenvalue weighted by molar-refractivity contribution is -0.120. The summed E-state index contributed by atoms with van der Waals surface area (Å²) in [5.74, 6) is -0.0541. The van der Waals surface area contributed by atoms with E-state index in [0.717, 1.165) is 5.69 Å². The van der Waals surface area contributed by atoms with Gasteiger partial charge in [-0.25, -0.2) is 4.90 Å². The molecule has 0 unspecified atom stereocenters. The minimum Gasteiger partial charge on any atom is -0.494 e. The Balaban J connectivity index is 1.84. The second-order valence-corrected chi connectivity index (χ2v) is 7.62. The molecule has 0 saturated carbocycles. The smallest absolute Gasteiger partial charge is 0.282 e. The van der Waals surface area contributed by atoms with E-state index in [1.807, 2.05) is 49.1 Å². The van der Waals surface area contributed by atoms with Crippen molar-refractivity contribution in [1.29, 1.82) is 0 Å². The number of likely N-dealkylation sites (N-methyl/N-ethyl adjacent to an activating group) is 1. The summed E-state index contributed by atoms with van der Waals surface area (Å²) in [6.45, 7) is 4.91. The second kappa shape index (κ2) is 9.28. The summed E-state index contributed by atoms with van der Waals surface area (Å²) in [5, 5.41) is 0.562. The summed E-state index contributed by atoms with van der Waals surface area (Å²) >= 11 is 6.07. The summed E-state index contributed by atoms with van der Waals surface area (Å²) in [4.78, 5) is 30.4. The van der Waals surface area contributed by atoms with Crippen LogP contribution in [-0.2, 0) is 9.59 Å². The van der Waals surface area contributed by atoms with Gasteiger partial charge in [-0.2, -0.15) is 0 Å². The van der Waals surface area contributed by atoms with E-state index in [4.69, 9.17) is 16.3 Å². The number of hydrogen-bond acceptors (Lipinski definition) is 4. The maximum atomic E-state index is 13.7. The Labute approximate surface area is 192 Å². The van der Waals surface area contributed by atoms with E-state index >= 15 is 0 Å². The maximum Gasteiger partial charge on any atom is 0.282 e. The summed E-state index contributed by atoms with van der Waals surface area (Å²) in [7, 11) is 0. The number of rotatable bonds is 7. The summed E-state index contributed by atoms with van der Waals surface area (Å²) in [6.07, 6.45) is 0. The van der Waals surface area contributed by atoms with E-state index in [-0.39, 0.29) is 11.8 Å². The molecule has 2 amide bonds. The highest BCUT2D eigenvalue weighted by molar-refractivity contribution is 6.46. The number of halogens is 1. The van der Waals surface area contributed by atoms with Crippen molar-refractivity contribution in [2.75, 3.05) is 23.0 Å². The van der Waals surface area contributed by atoms with Crippen LogP contribution in [0.5, 0.6) is 5.75 Å². The van der Waals surface area contributed by atoms with Crippen molar-refractivity contribution >= 4 is 40.4 Å². The predicted octanol–water partition coefficient (Wildman–Crippen LogP) is 5.55. The molecular weight excluding hydrogens is 424 g/mol. The lowest BCUT2D eigenvalue weighted by Crippen LogP contribution is -2.35. The zero-order valence-electron chi connectivity index (χ0n) is 17.9. The molecule has 1 aliphatic heterocycles. The van der Waals surface area contributed by atoms with Crippen LogP contribution in [0.2, 0.25) is 5.02 Å². The van der Waals surface area contributed by atoms with Gasteiger partial charge < -0.3 is 9.64 Å². The molecule has 0 aromatic heterocycles. The second-order valence-electron chi connectivity index (χ2n) is 7.18. The van der Waals surface area contributed by atoms with Gasteiger partial charge in [-0.05, 0) is 67.9 Å². The van der Waals surface area contributed by atoms with Gasteiger partial charge in [-0.3, -0.25) is 9.59 Å². The average Bonchev–Trinajstić information content (AvgIpc) is 3.07. The van der Waals surface area contributed by atoms with Crippen molar-refractivity contribution in [1.82, 2.24) is 0 Å². The molecule has 0 aliphatic carbocycles. The van der Waals surface area contributed by atoms with Crippen LogP contribution >= 0.6 is 11.6 Å². The van der Waals surface area contributed by atoms with Crippen LogP contribution in [0.4, 0.5) is 11.4 Å². The van der Waals surface area contributed by atoms with Gasteiger partial charge >= 0.3 is 0 Å². The van der Waals surface area contributed by atoms with E-state index in [1.54, 1.807) is 48.5 Å². The minimum absolute atomic E-state index is 0.347. The first-order valence-electron chi connectivity index (χ1n) is 10.5. The van der Waals surface area contributed by atoms with Crippen molar-refractivity contribution in [2.45, 2.75) is 13.8 Å². The Bertz CT molecular complexity index is 1160. The molecule has 3 aromatic rings. The Morgan fingerprint density at radius 1 is 0.844 bits per heavy atom. The number of ether oxygens (including phenoxy) is 1. The van der Waals surface area contributed by atoms with Gasteiger partial charge in [0.15, 0.2) is 0 Å². The quantitative estimate of drug-likeness (QED) is 0.446. The van der Waals surface area contributed by atoms with Crippen LogP contribution in [0, 0.1) is 0 Å². The Hall–Kier alpha value is -3.57. The average molecular weight is 447 g/mol. The molecule has 5 nitrogen and oxygen atoms in total. The molecule has 0 saturated heterocycles. The van der Waals surface area contributed by atoms with E-state index in [0.29, 0.717) is 46.4 Å². The lowest BCUT2D eigenvalue weighted by atomic mass is 10.0. The molecule has 0 spiro atoms. The third-order valence-electron chi connectivity index (χ3n) is 5.25. The third-order valence-corrected chi connectivity index (χ3v) is 5.50. The molecule has 3 aromatic carbocycles. The van der Waals surface area contributed by atoms with Crippen molar-refractivity contribution in [3.8, 4) is 5.75 Å². The SMILES string of the molecule is CCOc1ccc(N2C(=O)C(c3ccc(Cl)cc3)=C(N(CC)c3ccccc3)C2=O)cc1. The van der Waals surface area contributed by atoms with Crippen molar-refractivity contribution < 1.29 is 14.3 Å². The predicted molar refractivity (Wildman–Crippen MR) is 128 cm³/mol. The van der Waals surface area contributed by atoms with Crippen molar-refractivity contribution in [3.63, 3.8) is 0 Å². The molecular formula is C26H23ClN2O3. The zero-order valence-corrected chi connectivity index (χ0v) is 18.7. The van der Waals surface area contributed by atoms with Crippen LogP contribution in [0.1, 0.15) is 19.4 Å². The van der Waals surface area contributed by atoms with Gasteiger partial charge in [0, 0.05) is 17.3 Å². The number of anilines is 2. The summed E-state index contributed by atoms with van der Waals surface area (Å²) in [6, 6.07) is 23.5. The Morgan fingerprint density at radius 3 is 2.09 bits per heavy atom. The molecule has 0 fully saturated rings. The standard InChI is InChI=1S/C26H23ClN2O3/c1-3-28(20-8-6-5-7-9-20)24-23(18-10-12-19(27)13-11-18)25(30)29(26(24)31)21-14-16-22(17-15-21)32-4-2/h5-17H,3-4H2,1-2H3. The van der Waals surface area contributed by atoms with Crippen LogP contribution in [0.25, 0.3) is 5.57 Å². The fourth-order valence-electron chi connectivity index (χ4n) is 3.82. The third kappa shape index (κ3) is 3.99. The van der Waals surface area contributed by atoms with Crippen LogP contribution in [0.15, 0.2) is 84.6 Å². The van der Waals surface area contributed by atoms with E-state index in [9.17, 15) is 9.59 Å². The molecule has 162 valence electrons. The number of para-hydroxylation sites is 1. The summed E-state index contributed by atoms with van der Waals surface area (Å²) in [5.41, 5.74) is 2.68. The molecule has 0 atom stereocenters. The highest BCUT2D eigenvalue weighted by atomic mass is 35.5. The van der Waals surface area contributed by atoms with E-state index < -0.39 is 0 Å². The number of imide groups is 1. The molecule has 1 aliphatic rings. The van der Waals surface area contributed by atoms with E-state index in [2.05, 4.69) is 0 Å². The topological polar surface area (TPSA) is 49.9 Å². The van der Waals surface area contributed by atoms with Gasteiger partial charge in [0.2, 0.25) is 0 Å². The molecule has 1 heterocycles. The van der Waals surface area contributed by atoms with Gasteiger partial charge in [0.1, 0.15) is 11.4 Å². The normalized spacial score (nSPS) is 13.7. The monoisotopic (exact) mass is 446 g/mol. The first-order valence-corrected chi connectivity index (χ1v) is 10.9. The summed E-state index contributed by atoms with van der Waals surface area (Å²) < 4.78 is 5.49. The molecule has 0 N–H and O–H groups in total. The first-order chi connectivity index (χ1) is 15.5. The Morgan fingerprint density at radius 2 is 1.50 bits per heavy atom.